The first-order chi connectivity index (χ1) is 10.6. The van der Waals surface area contributed by atoms with Crippen LogP contribution < -0.4 is 9.46 Å². The summed E-state index contributed by atoms with van der Waals surface area (Å²) in [4.78, 5) is 8.12. The van der Waals surface area contributed by atoms with Crippen LogP contribution in [0.25, 0.3) is 10.9 Å². The van der Waals surface area contributed by atoms with Crippen LogP contribution in [0.4, 0.5) is 5.69 Å². The Labute approximate surface area is 127 Å². The van der Waals surface area contributed by atoms with Crippen molar-refractivity contribution in [1.29, 1.82) is 0 Å². The van der Waals surface area contributed by atoms with E-state index >= 15 is 0 Å². The van der Waals surface area contributed by atoms with Crippen molar-refractivity contribution in [2.45, 2.75) is 5.03 Å². The van der Waals surface area contributed by atoms with Gasteiger partial charge in [-0.25, -0.2) is 4.98 Å². The minimum atomic E-state index is -3.79. The Morgan fingerprint density at radius 1 is 1.05 bits per heavy atom. The second kappa shape index (κ2) is 5.61. The Bertz CT molecular complexity index is 903. The van der Waals surface area contributed by atoms with Crippen LogP contribution in [0, 0.1) is 0 Å². The zero-order valence-corrected chi connectivity index (χ0v) is 12.5. The highest BCUT2D eigenvalue weighted by molar-refractivity contribution is 7.92. The van der Waals surface area contributed by atoms with Crippen molar-refractivity contribution in [2.24, 2.45) is 0 Å². The lowest BCUT2D eigenvalue weighted by Crippen LogP contribution is -2.14. The molecule has 0 saturated carbocycles. The van der Waals surface area contributed by atoms with E-state index in [0.717, 1.165) is 5.39 Å². The van der Waals surface area contributed by atoms with Crippen molar-refractivity contribution < 1.29 is 13.2 Å². The fraction of sp³-hybridized carbons (Fsp3) is 0.0667. The normalized spacial score (nSPS) is 11.3. The molecule has 22 heavy (non-hydrogen) atoms. The fourth-order valence-corrected chi connectivity index (χ4v) is 3.03. The Morgan fingerprint density at radius 2 is 1.86 bits per heavy atom. The third kappa shape index (κ3) is 2.71. The molecule has 0 saturated heterocycles. The van der Waals surface area contributed by atoms with Crippen molar-refractivity contribution in [3.63, 3.8) is 0 Å². The van der Waals surface area contributed by atoms with Gasteiger partial charge in [0.25, 0.3) is 10.0 Å². The summed E-state index contributed by atoms with van der Waals surface area (Å²) in [7, 11) is -2.30. The van der Waals surface area contributed by atoms with Gasteiger partial charge < -0.3 is 4.74 Å². The van der Waals surface area contributed by atoms with Gasteiger partial charge in [-0.1, -0.05) is 18.2 Å². The Hall–Kier alpha value is -2.67. The molecule has 0 bridgehead atoms. The monoisotopic (exact) mass is 315 g/mol. The predicted molar refractivity (Wildman–Crippen MR) is 83.3 cm³/mol. The molecule has 0 radical (unpaired) electrons. The van der Waals surface area contributed by atoms with Gasteiger partial charge in [0, 0.05) is 11.6 Å². The number of aromatic nitrogens is 2. The van der Waals surface area contributed by atoms with E-state index in [0.29, 0.717) is 17.0 Å². The molecule has 0 fully saturated rings. The first-order valence-electron chi connectivity index (χ1n) is 6.47. The highest BCUT2D eigenvalue weighted by atomic mass is 32.2. The van der Waals surface area contributed by atoms with Crippen LogP contribution in [0.3, 0.4) is 0 Å². The minimum Gasteiger partial charge on any atom is -0.495 e. The van der Waals surface area contributed by atoms with E-state index in [9.17, 15) is 8.42 Å². The summed E-state index contributed by atoms with van der Waals surface area (Å²) in [5, 5.41) is 0.770. The number of pyridine rings is 2. The van der Waals surface area contributed by atoms with Crippen LogP contribution in [-0.4, -0.2) is 25.5 Å². The van der Waals surface area contributed by atoms with E-state index in [2.05, 4.69) is 14.7 Å². The first-order valence-corrected chi connectivity index (χ1v) is 7.95. The van der Waals surface area contributed by atoms with Gasteiger partial charge in [-0.3, -0.25) is 9.71 Å². The molecule has 0 aliphatic rings. The lowest BCUT2D eigenvalue weighted by molar-refractivity contribution is 0.412. The predicted octanol–water partition coefficient (Wildman–Crippen LogP) is 2.44. The molecule has 0 unspecified atom stereocenters. The van der Waals surface area contributed by atoms with Crippen molar-refractivity contribution in [2.75, 3.05) is 11.8 Å². The number of methoxy groups -OCH3 is 1. The van der Waals surface area contributed by atoms with Gasteiger partial charge in [-0.2, -0.15) is 8.42 Å². The maximum atomic E-state index is 12.4. The number of anilines is 1. The Morgan fingerprint density at radius 3 is 2.59 bits per heavy atom. The van der Waals surface area contributed by atoms with Crippen LogP contribution in [0.1, 0.15) is 0 Å². The summed E-state index contributed by atoms with van der Waals surface area (Å²) < 4.78 is 32.3. The molecule has 7 heteroatoms. The molecule has 2 heterocycles. The molecule has 0 aliphatic heterocycles. The maximum Gasteiger partial charge on any atom is 0.279 e. The molecule has 3 aromatic rings. The molecular formula is C15H13N3O3S. The molecule has 0 amide bonds. The number of sulfonamides is 1. The van der Waals surface area contributed by atoms with Gasteiger partial charge in [0.15, 0.2) is 5.03 Å². The van der Waals surface area contributed by atoms with E-state index in [1.165, 1.54) is 19.4 Å². The molecule has 0 spiro atoms. The van der Waals surface area contributed by atoms with E-state index in [1.54, 1.807) is 30.5 Å². The SMILES string of the molecule is COc1ccc(S(=O)(=O)Nc2cccc3cccnc23)nc1. The average molecular weight is 315 g/mol. The van der Waals surface area contributed by atoms with Crippen LogP contribution >= 0.6 is 0 Å². The second-order valence-electron chi connectivity index (χ2n) is 4.52. The number of benzene rings is 1. The summed E-state index contributed by atoms with van der Waals surface area (Å²) in [6.07, 6.45) is 2.97. The third-order valence-electron chi connectivity index (χ3n) is 3.10. The summed E-state index contributed by atoms with van der Waals surface area (Å²) in [6.45, 7) is 0. The van der Waals surface area contributed by atoms with Crippen LogP contribution in [0.5, 0.6) is 5.75 Å². The number of fused-ring (bicyclic) bond motifs is 1. The first kappa shape index (κ1) is 14.3. The molecular weight excluding hydrogens is 302 g/mol. The van der Waals surface area contributed by atoms with Crippen LogP contribution in [0.2, 0.25) is 0 Å². The number of nitrogens with zero attached hydrogens (tertiary/aromatic N) is 2. The zero-order valence-electron chi connectivity index (χ0n) is 11.7. The number of hydrogen-bond donors (Lipinski definition) is 1. The summed E-state index contributed by atoms with van der Waals surface area (Å²) >= 11 is 0. The van der Waals surface area contributed by atoms with Gasteiger partial charge in [0.2, 0.25) is 0 Å². The van der Waals surface area contributed by atoms with Crippen LogP contribution in [-0.2, 0) is 10.0 Å². The van der Waals surface area contributed by atoms with E-state index < -0.39 is 10.0 Å². The molecule has 3 rings (SSSR count). The van der Waals surface area contributed by atoms with E-state index in [-0.39, 0.29) is 5.03 Å². The molecule has 6 nitrogen and oxygen atoms in total. The summed E-state index contributed by atoms with van der Waals surface area (Å²) in [5.74, 6) is 0.491. The molecule has 1 N–H and O–H groups in total. The number of ether oxygens (including phenoxy) is 1. The van der Waals surface area contributed by atoms with Gasteiger partial charge in [-0.15, -0.1) is 0 Å². The van der Waals surface area contributed by atoms with Crippen molar-refractivity contribution in [3.8, 4) is 5.75 Å². The van der Waals surface area contributed by atoms with Crippen molar-refractivity contribution >= 4 is 26.6 Å². The van der Waals surface area contributed by atoms with Gasteiger partial charge in [0.05, 0.1) is 24.5 Å². The van der Waals surface area contributed by atoms with E-state index in [4.69, 9.17) is 4.74 Å². The van der Waals surface area contributed by atoms with Crippen molar-refractivity contribution in [3.05, 3.63) is 54.9 Å². The number of rotatable bonds is 4. The van der Waals surface area contributed by atoms with Gasteiger partial charge in [0.1, 0.15) is 5.75 Å². The number of para-hydroxylation sites is 1. The fourth-order valence-electron chi connectivity index (χ4n) is 2.03. The zero-order chi connectivity index (χ0) is 15.6. The Balaban J connectivity index is 1.99. The maximum absolute atomic E-state index is 12.4. The highest BCUT2D eigenvalue weighted by Gasteiger charge is 2.17. The molecule has 112 valence electrons. The second-order valence-corrected chi connectivity index (χ2v) is 6.15. The van der Waals surface area contributed by atoms with Crippen molar-refractivity contribution in [1.82, 2.24) is 9.97 Å². The third-order valence-corrected chi connectivity index (χ3v) is 4.38. The highest BCUT2D eigenvalue weighted by Crippen LogP contribution is 2.23. The van der Waals surface area contributed by atoms with Gasteiger partial charge >= 0.3 is 0 Å². The lowest BCUT2D eigenvalue weighted by atomic mass is 10.2. The summed E-state index contributed by atoms with van der Waals surface area (Å²) in [5.41, 5.74) is 0.998. The molecule has 2 aromatic heterocycles. The number of nitrogens with one attached hydrogen (secondary N) is 1. The average Bonchev–Trinajstić information content (AvgIpc) is 2.55. The summed E-state index contributed by atoms with van der Waals surface area (Å²) in [6, 6.07) is 11.9. The number of hydrogen-bond acceptors (Lipinski definition) is 5. The smallest absolute Gasteiger partial charge is 0.279 e. The Kier molecular flexibility index (Phi) is 3.64. The standard InChI is InChI=1S/C15H13N3O3S/c1-21-12-7-8-14(17-10-12)22(19,20)18-13-6-2-4-11-5-3-9-16-15(11)13/h2-10,18H,1H3. The van der Waals surface area contributed by atoms with E-state index in [1.807, 2.05) is 12.1 Å². The molecule has 0 atom stereocenters. The van der Waals surface area contributed by atoms with Crippen LogP contribution in [0.15, 0.2) is 59.9 Å². The topological polar surface area (TPSA) is 81.2 Å². The molecule has 0 aliphatic carbocycles. The van der Waals surface area contributed by atoms with Gasteiger partial charge in [-0.05, 0) is 24.3 Å². The molecule has 1 aromatic carbocycles. The minimum absolute atomic E-state index is 0.0822. The quantitative estimate of drug-likeness (QED) is 0.799. The lowest BCUT2D eigenvalue weighted by Gasteiger charge is -2.09. The largest absolute Gasteiger partial charge is 0.495 e.